The second-order valence-electron chi connectivity index (χ2n) is 9.12. The van der Waals surface area contributed by atoms with Gasteiger partial charge in [-0.25, -0.2) is 0 Å². The zero-order chi connectivity index (χ0) is 29.4. The molecule has 0 saturated heterocycles. The number of nitrogens with one attached hydrogen (secondary N) is 3. The van der Waals surface area contributed by atoms with Gasteiger partial charge in [-0.2, -0.15) is 0 Å². The van der Waals surface area contributed by atoms with E-state index in [1.165, 1.54) is 17.8 Å². The maximum atomic E-state index is 13.4. The normalized spacial score (nSPS) is 11.9. The van der Waals surface area contributed by atoms with Crippen molar-refractivity contribution in [2.45, 2.75) is 24.0 Å². The summed E-state index contributed by atoms with van der Waals surface area (Å²) in [5.74, 6) is -1.15. The topological polar surface area (TPSA) is 87.3 Å². The molecule has 0 aromatic heterocycles. The lowest BCUT2D eigenvalue weighted by molar-refractivity contribution is -0.115. The fourth-order valence-electron chi connectivity index (χ4n) is 3.80. The average molecular weight is 605 g/mol. The van der Waals surface area contributed by atoms with Gasteiger partial charge in [0.05, 0.1) is 15.3 Å². The number of anilines is 2. The summed E-state index contributed by atoms with van der Waals surface area (Å²) in [4.78, 5) is 39.9. The summed E-state index contributed by atoms with van der Waals surface area (Å²) in [5, 5.41) is 8.63. The highest BCUT2D eigenvalue weighted by Gasteiger charge is 2.18. The molecule has 1 atom stereocenters. The van der Waals surface area contributed by atoms with Gasteiger partial charge in [-0.1, -0.05) is 71.7 Å². The van der Waals surface area contributed by atoms with Crippen LogP contribution in [0.1, 0.15) is 28.4 Å². The van der Waals surface area contributed by atoms with Gasteiger partial charge >= 0.3 is 0 Å². The first-order chi connectivity index (χ1) is 19.7. The van der Waals surface area contributed by atoms with Crippen molar-refractivity contribution >= 4 is 70.1 Å². The highest BCUT2D eigenvalue weighted by atomic mass is 35.5. The highest BCUT2D eigenvalue weighted by molar-refractivity contribution is 8.00. The van der Waals surface area contributed by atoms with Gasteiger partial charge in [0.2, 0.25) is 5.91 Å². The van der Waals surface area contributed by atoms with Crippen LogP contribution in [0.25, 0.3) is 6.08 Å². The van der Waals surface area contributed by atoms with E-state index >= 15 is 0 Å². The monoisotopic (exact) mass is 603 g/mol. The summed E-state index contributed by atoms with van der Waals surface area (Å²) in [6, 6.07) is 28.3. The maximum Gasteiger partial charge on any atom is 0.272 e. The lowest BCUT2D eigenvalue weighted by Crippen LogP contribution is -2.30. The summed E-state index contributed by atoms with van der Waals surface area (Å²) in [6.45, 7) is 3.78. The van der Waals surface area contributed by atoms with E-state index in [9.17, 15) is 14.4 Å². The lowest BCUT2D eigenvalue weighted by Gasteiger charge is -2.14. The van der Waals surface area contributed by atoms with Gasteiger partial charge in [-0.3, -0.25) is 14.4 Å². The van der Waals surface area contributed by atoms with Gasteiger partial charge in [0, 0.05) is 21.8 Å². The van der Waals surface area contributed by atoms with E-state index in [1.807, 2.05) is 44.2 Å². The van der Waals surface area contributed by atoms with Crippen LogP contribution in [-0.2, 0) is 9.59 Å². The fourth-order valence-corrected chi connectivity index (χ4v) is 5.09. The molecular weight excluding hydrogens is 577 g/mol. The molecule has 3 amide bonds. The first kappa shape index (κ1) is 29.9. The Morgan fingerprint density at radius 3 is 2.22 bits per heavy atom. The van der Waals surface area contributed by atoms with Crippen molar-refractivity contribution in [3.05, 3.63) is 129 Å². The zero-order valence-electron chi connectivity index (χ0n) is 22.3. The third-order valence-corrected chi connectivity index (χ3v) is 7.80. The minimum atomic E-state index is -0.558. The standard InChI is InChI=1S/C32H27Cl2N3O3S/c1-20-9-6-13-24(17-20)35-30(38)21(2)41-26-15-8-14-25(19-26)36-32(40)28(18-23-12-7-16-27(33)29(23)34)37-31(39)22-10-4-3-5-11-22/h3-19,21H,1-2H3,(H,35,38)(H,36,40)(H,37,39)/b28-18+. The minimum Gasteiger partial charge on any atom is -0.325 e. The van der Waals surface area contributed by atoms with Crippen molar-refractivity contribution in [1.82, 2.24) is 5.32 Å². The number of thioether (sulfide) groups is 1. The number of amides is 3. The number of hydrogen-bond donors (Lipinski definition) is 3. The van der Waals surface area contributed by atoms with E-state index in [-0.39, 0.29) is 16.6 Å². The molecule has 0 saturated carbocycles. The van der Waals surface area contributed by atoms with Crippen molar-refractivity contribution in [3.8, 4) is 0 Å². The Balaban J connectivity index is 1.51. The van der Waals surface area contributed by atoms with Crippen LogP contribution in [0.4, 0.5) is 11.4 Å². The SMILES string of the molecule is Cc1cccc(NC(=O)C(C)Sc2cccc(NC(=O)/C(=C\c3cccc(Cl)c3Cl)NC(=O)c3ccccc3)c2)c1. The van der Waals surface area contributed by atoms with E-state index in [0.29, 0.717) is 21.8 Å². The second kappa shape index (κ2) is 14.0. The molecule has 41 heavy (non-hydrogen) atoms. The number of benzene rings is 4. The zero-order valence-corrected chi connectivity index (χ0v) is 24.6. The first-order valence-corrected chi connectivity index (χ1v) is 14.3. The molecule has 0 spiro atoms. The number of rotatable bonds is 9. The van der Waals surface area contributed by atoms with Gasteiger partial charge in [0.15, 0.2) is 0 Å². The lowest BCUT2D eigenvalue weighted by atomic mass is 10.1. The molecule has 208 valence electrons. The van der Waals surface area contributed by atoms with Crippen molar-refractivity contribution in [1.29, 1.82) is 0 Å². The van der Waals surface area contributed by atoms with Gasteiger partial charge in [0.1, 0.15) is 5.70 Å². The molecule has 1 unspecified atom stereocenters. The molecule has 0 aliphatic rings. The third-order valence-electron chi connectivity index (χ3n) is 5.87. The van der Waals surface area contributed by atoms with Crippen LogP contribution >= 0.6 is 35.0 Å². The molecule has 4 aromatic rings. The van der Waals surface area contributed by atoms with Crippen molar-refractivity contribution in [2.24, 2.45) is 0 Å². The Kier molecular flexibility index (Phi) is 10.2. The smallest absolute Gasteiger partial charge is 0.272 e. The molecule has 0 heterocycles. The predicted octanol–water partition coefficient (Wildman–Crippen LogP) is 7.83. The number of hydrogen-bond acceptors (Lipinski definition) is 4. The number of aryl methyl sites for hydroxylation is 1. The molecule has 0 fully saturated rings. The quantitative estimate of drug-likeness (QED) is 0.134. The van der Waals surface area contributed by atoms with Crippen LogP contribution in [0.5, 0.6) is 0 Å². The van der Waals surface area contributed by atoms with Gasteiger partial charge in [-0.05, 0) is 79.6 Å². The molecule has 0 aliphatic heterocycles. The van der Waals surface area contributed by atoms with E-state index in [4.69, 9.17) is 23.2 Å². The summed E-state index contributed by atoms with van der Waals surface area (Å²) >= 11 is 13.9. The van der Waals surface area contributed by atoms with E-state index < -0.39 is 17.1 Å². The fraction of sp³-hybridized carbons (Fsp3) is 0.0938. The molecule has 4 rings (SSSR count). The van der Waals surface area contributed by atoms with Gasteiger partial charge in [-0.15, -0.1) is 11.8 Å². The third kappa shape index (κ3) is 8.47. The molecule has 9 heteroatoms. The Morgan fingerprint density at radius 1 is 0.805 bits per heavy atom. The molecular formula is C32H27Cl2N3O3S. The van der Waals surface area contributed by atoms with Crippen molar-refractivity contribution in [2.75, 3.05) is 10.6 Å². The van der Waals surface area contributed by atoms with Gasteiger partial charge in [0.25, 0.3) is 11.8 Å². The largest absolute Gasteiger partial charge is 0.325 e. The van der Waals surface area contributed by atoms with Crippen LogP contribution in [0.3, 0.4) is 0 Å². The highest BCUT2D eigenvalue weighted by Crippen LogP contribution is 2.29. The van der Waals surface area contributed by atoms with E-state index in [1.54, 1.807) is 66.7 Å². The summed E-state index contributed by atoms with van der Waals surface area (Å²) in [7, 11) is 0. The minimum absolute atomic E-state index is 0.0213. The molecule has 3 N–H and O–H groups in total. The van der Waals surface area contributed by atoms with Crippen LogP contribution in [-0.4, -0.2) is 23.0 Å². The molecule has 6 nitrogen and oxygen atoms in total. The molecule has 4 aromatic carbocycles. The van der Waals surface area contributed by atoms with Crippen molar-refractivity contribution < 1.29 is 14.4 Å². The van der Waals surface area contributed by atoms with Crippen LogP contribution in [0, 0.1) is 6.92 Å². The Hall–Kier alpha value is -4.04. The second-order valence-corrected chi connectivity index (χ2v) is 11.3. The van der Waals surface area contributed by atoms with Crippen molar-refractivity contribution in [3.63, 3.8) is 0 Å². The molecule has 0 bridgehead atoms. The Morgan fingerprint density at radius 2 is 1.49 bits per heavy atom. The van der Waals surface area contributed by atoms with Crippen LogP contribution in [0.15, 0.2) is 108 Å². The van der Waals surface area contributed by atoms with E-state index in [2.05, 4.69) is 16.0 Å². The summed E-state index contributed by atoms with van der Waals surface area (Å²) < 4.78 is 0. The average Bonchev–Trinajstić information content (AvgIpc) is 2.95. The molecule has 0 aliphatic carbocycles. The Labute approximate surface area is 253 Å². The van der Waals surface area contributed by atoms with Crippen LogP contribution in [0.2, 0.25) is 10.0 Å². The number of halogens is 2. The number of carbonyl (C=O) groups is 3. The van der Waals surface area contributed by atoms with Gasteiger partial charge < -0.3 is 16.0 Å². The molecule has 0 radical (unpaired) electrons. The summed E-state index contributed by atoms with van der Waals surface area (Å²) in [6.07, 6.45) is 1.47. The maximum absolute atomic E-state index is 13.4. The number of carbonyl (C=O) groups excluding carboxylic acids is 3. The first-order valence-electron chi connectivity index (χ1n) is 12.7. The predicted molar refractivity (Wildman–Crippen MR) is 169 cm³/mol. The van der Waals surface area contributed by atoms with E-state index in [0.717, 1.165) is 16.1 Å². The Bertz CT molecular complexity index is 1610. The summed E-state index contributed by atoms with van der Waals surface area (Å²) in [5.41, 5.74) is 3.11. The van der Waals surface area contributed by atoms with Crippen LogP contribution < -0.4 is 16.0 Å².